The number of nitrogens with zero attached hydrogens (tertiary/aromatic N) is 1. The van der Waals surface area contributed by atoms with E-state index < -0.39 is 0 Å². The summed E-state index contributed by atoms with van der Waals surface area (Å²) in [6.07, 6.45) is 2.02. The van der Waals surface area contributed by atoms with Crippen molar-refractivity contribution < 1.29 is 13.9 Å². The van der Waals surface area contributed by atoms with Crippen molar-refractivity contribution in [1.29, 1.82) is 0 Å². The molecule has 3 rings (SSSR count). The molecule has 2 atom stereocenters. The first-order valence-corrected chi connectivity index (χ1v) is 8.88. The Balaban J connectivity index is 1.39. The van der Waals surface area contributed by atoms with Gasteiger partial charge in [0.25, 0.3) is 0 Å². The van der Waals surface area contributed by atoms with E-state index in [9.17, 15) is 0 Å². The fraction of sp³-hybridized carbons (Fsp3) is 0.526. The molecule has 2 aromatic rings. The summed E-state index contributed by atoms with van der Waals surface area (Å²) in [7, 11) is 1.77. The minimum Gasteiger partial charge on any atom is -0.461 e. The predicted molar refractivity (Wildman–Crippen MR) is 99.1 cm³/mol. The number of benzene rings is 1. The molecule has 1 saturated heterocycles. The van der Waals surface area contributed by atoms with Crippen LogP contribution in [0.4, 0.5) is 0 Å². The van der Waals surface area contributed by atoms with Gasteiger partial charge >= 0.3 is 0 Å². The van der Waals surface area contributed by atoms with Gasteiger partial charge in [-0.25, -0.2) is 0 Å². The van der Waals surface area contributed by atoms with Crippen LogP contribution in [0.2, 0.25) is 0 Å². The third kappa shape index (κ3) is 5.21. The van der Waals surface area contributed by atoms with Crippen molar-refractivity contribution in [3.8, 4) is 0 Å². The minimum atomic E-state index is 0.179. The van der Waals surface area contributed by atoms with E-state index in [0.29, 0.717) is 13.2 Å². The van der Waals surface area contributed by atoms with Crippen molar-refractivity contribution in [3.05, 3.63) is 36.1 Å². The number of ether oxygens (including phenoxy) is 2. The van der Waals surface area contributed by atoms with Crippen LogP contribution in [0.3, 0.4) is 0 Å². The molecule has 0 aliphatic carbocycles. The molecule has 1 aliphatic rings. The Bertz CT molecular complexity index is 659. The van der Waals surface area contributed by atoms with Crippen LogP contribution in [0.25, 0.3) is 11.0 Å². The molecular weight excluding hydrogens is 318 g/mol. The first-order valence-electron chi connectivity index (χ1n) is 8.88. The summed E-state index contributed by atoms with van der Waals surface area (Å²) >= 11 is 0. The SMILES string of the molecule is CN=C(NCCc1cc2ccccc2o1)NC(C)COC1CCOC1. The van der Waals surface area contributed by atoms with E-state index in [-0.39, 0.29) is 12.1 Å². The first-order chi connectivity index (χ1) is 12.2. The number of guanidine groups is 1. The Labute approximate surface area is 148 Å². The molecule has 6 heteroatoms. The summed E-state index contributed by atoms with van der Waals surface area (Å²) in [6, 6.07) is 10.3. The second-order valence-electron chi connectivity index (χ2n) is 6.36. The highest BCUT2D eigenvalue weighted by atomic mass is 16.5. The highest BCUT2D eigenvalue weighted by molar-refractivity contribution is 5.80. The van der Waals surface area contributed by atoms with Crippen LogP contribution >= 0.6 is 0 Å². The van der Waals surface area contributed by atoms with Gasteiger partial charge in [-0.2, -0.15) is 0 Å². The highest BCUT2D eigenvalue weighted by Crippen LogP contribution is 2.18. The summed E-state index contributed by atoms with van der Waals surface area (Å²) in [5.41, 5.74) is 0.932. The van der Waals surface area contributed by atoms with Crippen molar-refractivity contribution >= 4 is 16.9 Å². The molecule has 0 bridgehead atoms. The zero-order valence-corrected chi connectivity index (χ0v) is 15.0. The quantitative estimate of drug-likeness (QED) is 0.595. The van der Waals surface area contributed by atoms with Crippen molar-refractivity contribution in [2.24, 2.45) is 4.99 Å². The summed E-state index contributed by atoms with van der Waals surface area (Å²) < 4.78 is 17.0. The van der Waals surface area contributed by atoms with Gasteiger partial charge < -0.3 is 24.5 Å². The van der Waals surface area contributed by atoms with Crippen LogP contribution in [0.5, 0.6) is 0 Å². The molecule has 2 N–H and O–H groups in total. The van der Waals surface area contributed by atoms with Gasteiger partial charge in [-0.1, -0.05) is 18.2 Å². The van der Waals surface area contributed by atoms with Gasteiger partial charge in [0, 0.05) is 38.0 Å². The summed E-state index contributed by atoms with van der Waals surface area (Å²) in [6.45, 7) is 4.98. The van der Waals surface area contributed by atoms with E-state index in [1.54, 1.807) is 7.05 Å². The smallest absolute Gasteiger partial charge is 0.191 e. The molecular formula is C19H27N3O3. The van der Waals surface area contributed by atoms with E-state index in [0.717, 1.165) is 48.7 Å². The fourth-order valence-corrected chi connectivity index (χ4v) is 2.86. The van der Waals surface area contributed by atoms with E-state index in [1.807, 2.05) is 18.2 Å². The zero-order chi connectivity index (χ0) is 17.5. The topological polar surface area (TPSA) is 68.0 Å². The molecule has 1 fully saturated rings. The number of para-hydroxylation sites is 1. The Hall–Kier alpha value is -2.05. The molecule has 2 heterocycles. The maximum atomic E-state index is 5.83. The predicted octanol–water partition coefficient (Wildman–Crippen LogP) is 2.33. The molecule has 2 unspecified atom stereocenters. The van der Waals surface area contributed by atoms with Crippen LogP contribution in [-0.4, -0.2) is 51.5 Å². The maximum absolute atomic E-state index is 5.83. The standard InChI is InChI=1S/C19H27N3O3/c1-14(12-24-17-8-10-23-13-17)22-19(20-2)21-9-7-16-11-15-5-3-4-6-18(15)25-16/h3-6,11,14,17H,7-10,12-13H2,1-2H3,(H2,20,21,22). The lowest BCUT2D eigenvalue weighted by molar-refractivity contribution is 0.0347. The largest absolute Gasteiger partial charge is 0.461 e. The summed E-state index contributed by atoms with van der Waals surface area (Å²) in [5, 5.41) is 7.81. The molecule has 0 spiro atoms. The number of aliphatic imine (C=N–C) groups is 1. The van der Waals surface area contributed by atoms with E-state index in [2.05, 4.69) is 34.7 Å². The lowest BCUT2D eigenvalue weighted by Crippen LogP contribution is -2.45. The van der Waals surface area contributed by atoms with Gasteiger partial charge in [0.2, 0.25) is 0 Å². The number of fused-ring (bicyclic) bond motifs is 1. The highest BCUT2D eigenvalue weighted by Gasteiger charge is 2.17. The number of rotatable bonds is 7. The second kappa shape index (κ2) is 8.87. The lowest BCUT2D eigenvalue weighted by atomic mass is 10.2. The van der Waals surface area contributed by atoms with Crippen molar-refractivity contribution in [2.75, 3.05) is 33.4 Å². The van der Waals surface area contributed by atoms with Gasteiger partial charge in [-0.05, 0) is 25.5 Å². The maximum Gasteiger partial charge on any atom is 0.191 e. The lowest BCUT2D eigenvalue weighted by Gasteiger charge is -2.19. The molecule has 0 saturated carbocycles. The Kier molecular flexibility index (Phi) is 6.30. The third-order valence-corrected chi connectivity index (χ3v) is 4.22. The molecule has 1 aromatic heterocycles. The van der Waals surface area contributed by atoms with Gasteiger partial charge in [0.1, 0.15) is 11.3 Å². The monoisotopic (exact) mass is 345 g/mol. The molecule has 6 nitrogen and oxygen atoms in total. The van der Waals surface area contributed by atoms with Crippen LogP contribution in [-0.2, 0) is 15.9 Å². The van der Waals surface area contributed by atoms with E-state index in [1.165, 1.54) is 0 Å². The van der Waals surface area contributed by atoms with Crippen molar-refractivity contribution in [3.63, 3.8) is 0 Å². The van der Waals surface area contributed by atoms with Crippen LogP contribution in [0, 0.1) is 0 Å². The summed E-state index contributed by atoms with van der Waals surface area (Å²) in [5.74, 6) is 1.75. The fourth-order valence-electron chi connectivity index (χ4n) is 2.86. The average molecular weight is 345 g/mol. The zero-order valence-electron chi connectivity index (χ0n) is 15.0. The number of hydrogen-bond donors (Lipinski definition) is 2. The van der Waals surface area contributed by atoms with Gasteiger partial charge in [0.15, 0.2) is 5.96 Å². The Morgan fingerprint density at radius 1 is 1.40 bits per heavy atom. The van der Waals surface area contributed by atoms with Crippen LogP contribution < -0.4 is 10.6 Å². The number of nitrogens with one attached hydrogen (secondary N) is 2. The summed E-state index contributed by atoms with van der Waals surface area (Å²) in [4.78, 5) is 4.27. The molecule has 25 heavy (non-hydrogen) atoms. The number of furan rings is 1. The van der Waals surface area contributed by atoms with Gasteiger partial charge in [0.05, 0.1) is 19.3 Å². The van der Waals surface area contributed by atoms with E-state index >= 15 is 0 Å². The molecule has 136 valence electrons. The van der Waals surface area contributed by atoms with Gasteiger partial charge in [-0.15, -0.1) is 0 Å². The van der Waals surface area contributed by atoms with Crippen molar-refractivity contribution in [1.82, 2.24) is 10.6 Å². The van der Waals surface area contributed by atoms with Crippen molar-refractivity contribution in [2.45, 2.75) is 31.9 Å². The molecule has 1 aromatic carbocycles. The minimum absolute atomic E-state index is 0.179. The average Bonchev–Trinajstić information content (AvgIpc) is 3.28. The van der Waals surface area contributed by atoms with Gasteiger partial charge in [-0.3, -0.25) is 4.99 Å². The molecule has 1 aliphatic heterocycles. The second-order valence-corrected chi connectivity index (χ2v) is 6.36. The third-order valence-electron chi connectivity index (χ3n) is 4.22. The normalized spacial score (nSPS) is 19.3. The Morgan fingerprint density at radius 3 is 3.04 bits per heavy atom. The first kappa shape index (κ1) is 17.8. The van der Waals surface area contributed by atoms with Crippen LogP contribution in [0.15, 0.2) is 39.7 Å². The Morgan fingerprint density at radius 2 is 2.28 bits per heavy atom. The van der Waals surface area contributed by atoms with E-state index in [4.69, 9.17) is 13.9 Å². The molecule has 0 radical (unpaired) electrons. The number of hydrogen-bond acceptors (Lipinski definition) is 4. The van der Waals surface area contributed by atoms with Crippen LogP contribution in [0.1, 0.15) is 19.1 Å². The molecule has 0 amide bonds.